The van der Waals surface area contributed by atoms with Crippen molar-refractivity contribution < 1.29 is 8.78 Å². The first-order valence-corrected chi connectivity index (χ1v) is 5.83. The van der Waals surface area contributed by atoms with E-state index in [1.54, 1.807) is 12.1 Å². The Morgan fingerprint density at radius 3 is 2.50 bits per heavy atom. The summed E-state index contributed by atoms with van der Waals surface area (Å²) in [6.07, 6.45) is 0. The smallest absolute Gasteiger partial charge is 0.142 e. The fraction of sp³-hybridized carbons (Fsp3) is 0.143. The van der Waals surface area contributed by atoms with E-state index in [2.05, 4.69) is 0 Å². The minimum absolute atomic E-state index is 0.0434. The summed E-state index contributed by atoms with van der Waals surface area (Å²) in [7, 11) is 0. The highest BCUT2D eigenvalue weighted by atomic mass is 35.5. The van der Waals surface area contributed by atoms with E-state index in [9.17, 15) is 8.78 Å². The third-order valence-corrected chi connectivity index (χ3v) is 3.19. The Balaban J connectivity index is 2.44. The van der Waals surface area contributed by atoms with Gasteiger partial charge in [-0.25, -0.2) is 8.78 Å². The molecule has 0 spiro atoms. The van der Waals surface area contributed by atoms with E-state index in [-0.39, 0.29) is 10.8 Å². The largest absolute Gasteiger partial charge is 0.320 e. The lowest BCUT2D eigenvalue weighted by atomic mass is 9.95. The van der Waals surface area contributed by atoms with Crippen LogP contribution >= 0.6 is 11.6 Å². The first kappa shape index (κ1) is 13.0. The second kappa shape index (κ2) is 5.04. The molecule has 2 N–H and O–H groups in total. The maximum absolute atomic E-state index is 13.4. The van der Waals surface area contributed by atoms with Crippen LogP contribution in [0.15, 0.2) is 36.4 Å². The third kappa shape index (κ3) is 2.52. The molecule has 0 saturated carbocycles. The number of hydrogen-bond donors (Lipinski definition) is 1. The highest BCUT2D eigenvalue weighted by Crippen LogP contribution is 2.26. The maximum Gasteiger partial charge on any atom is 0.142 e. The van der Waals surface area contributed by atoms with Crippen LogP contribution in [0.25, 0.3) is 0 Å². The van der Waals surface area contributed by atoms with Crippen molar-refractivity contribution in [1.29, 1.82) is 0 Å². The molecule has 0 aliphatic carbocycles. The van der Waals surface area contributed by atoms with Crippen molar-refractivity contribution in [3.05, 3.63) is 69.7 Å². The average Bonchev–Trinajstić information content (AvgIpc) is 2.35. The van der Waals surface area contributed by atoms with Crippen LogP contribution in [0.3, 0.4) is 0 Å². The lowest BCUT2D eigenvalue weighted by Gasteiger charge is -2.15. The molecule has 2 rings (SSSR count). The van der Waals surface area contributed by atoms with Crippen molar-refractivity contribution in [3.63, 3.8) is 0 Å². The molecule has 0 amide bonds. The SMILES string of the molecule is Cc1ccc(F)cc1C(N)c1ccc(Cl)c(F)c1. The van der Waals surface area contributed by atoms with Crippen LogP contribution in [0.1, 0.15) is 22.7 Å². The second-order valence-electron chi connectivity index (χ2n) is 4.15. The molecular weight excluding hydrogens is 256 g/mol. The van der Waals surface area contributed by atoms with Crippen LogP contribution in [-0.4, -0.2) is 0 Å². The van der Waals surface area contributed by atoms with Gasteiger partial charge in [0.2, 0.25) is 0 Å². The van der Waals surface area contributed by atoms with Crippen molar-refractivity contribution in [2.75, 3.05) is 0 Å². The molecule has 4 heteroatoms. The molecule has 18 heavy (non-hydrogen) atoms. The summed E-state index contributed by atoms with van der Waals surface area (Å²) in [5.41, 5.74) is 8.09. The Bertz CT molecular complexity index is 584. The first-order valence-electron chi connectivity index (χ1n) is 5.45. The minimum Gasteiger partial charge on any atom is -0.320 e. The fourth-order valence-electron chi connectivity index (χ4n) is 1.83. The van der Waals surface area contributed by atoms with Gasteiger partial charge in [-0.05, 0) is 47.9 Å². The zero-order valence-electron chi connectivity index (χ0n) is 9.75. The van der Waals surface area contributed by atoms with Gasteiger partial charge in [0.15, 0.2) is 0 Å². The quantitative estimate of drug-likeness (QED) is 0.875. The Hall–Kier alpha value is -1.45. The van der Waals surface area contributed by atoms with Gasteiger partial charge in [0.1, 0.15) is 11.6 Å². The first-order chi connectivity index (χ1) is 8.49. The Kier molecular flexibility index (Phi) is 3.64. The number of benzene rings is 2. The predicted molar refractivity (Wildman–Crippen MR) is 68.6 cm³/mol. The van der Waals surface area contributed by atoms with Gasteiger partial charge in [0.05, 0.1) is 11.1 Å². The summed E-state index contributed by atoms with van der Waals surface area (Å²) < 4.78 is 26.6. The van der Waals surface area contributed by atoms with Crippen LogP contribution < -0.4 is 5.73 Å². The normalized spacial score (nSPS) is 12.5. The van der Waals surface area contributed by atoms with Crippen molar-refractivity contribution >= 4 is 11.6 Å². The zero-order valence-corrected chi connectivity index (χ0v) is 10.5. The number of hydrogen-bond acceptors (Lipinski definition) is 1. The minimum atomic E-state index is -0.576. The Morgan fingerprint density at radius 2 is 1.83 bits per heavy atom. The highest BCUT2D eigenvalue weighted by molar-refractivity contribution is 6.30. The summed E-state index contributed by atoms with van der Waals surface area (Å²) in [5.74, 6) is -0.890. The highest BCUT2D eigenvalue weighted by Gasteiger charge is 2.14. The average molecular weight is 268 g/mol. The topological polar surface area (TPSA) is 26.0 Å². The Morgan fingerprint density at radius 1 is 1.11 bits per heavy atom. The zero-order chi connectivity index (χ0) is 13.3. The van der Waals surface area contributed by atoms with Gasteiger partial charge in [-0.15, -0.1) is 0 Å². The summed E-state index contributed by atoms with van der Waals surface area (Å²) in [6.45, 7) is 1.83. The van der Waals surface area contributed by atoms with Crippen molar-refractivity contribution in [1.82, 2.24) is 0 Å². The predicted octanol–water partition coefficient (Wildman–Crippen LogP) is 3.97. The van der Waals surface area contributed by atoms with E-state index in [4.69, 9.17) is 17.3 Å². The molecular formula is C14H12ClF2N. The molecule has 0 aliphatic heterocycles. The molecule has 1 unspecified atom stereocenters. The summed E-state index contributed by atoms with van der Waals surface area (Å²) in [6, 6.07) is 8.17. The molecule has 0 saturated heterocycles. The number of aryl methyl sites for hydroxylation is 1. The molecule has 0 fully saturated rings. The fourth-order valence-corrected chi connectivity index (χ4v) is 1.95. The van der Waals surface area contributed by atoms with E-state index in [1.165, 1.54) is 24.3 Å². The van der Waals surface area contributed by atoms with Crippen LogP contribution in [-0.2, 0) is 0 Å². The van der Waals surface area contributed by atoms with Crippen LogP contribution in [0, 0.1) is 18.6 Å². The van der Waals surface area contributed by atoms with Gasteiger partial charge in [-0.3, -0.25) is 0 Å². The van der Waals surface area contributed by atoms with Gasteiger partial charge in [0.25, 0.3) is 0 Å². The number of halogens is 3. The molecule has 94 valence electrons. The van der Waals surface area contributed by atoms with Crippen LogP contribution in [0.2, 0.25) is 5.02 Å². The lowest BCUT2D eigenvalue weighted by molar-refractivity contribution is 0.619. The monoisotopic (exact) mass is 267 g/mol. The molecule has 0 aromatic heterocycles. The molecule has 1 atom stereocenters. The molecule has 0 radical (unpaired) electrons. The number of nitrogens with two attached hydrogens (primary N) is 1. The summed E-state index contributed by atoms with van der Waals surface area (Å²) >= 11 is 5.61. The number of rotatable bonds is 2. The van der Waals surface area contributed by atoms with E-state index >= 15 is 0 Å². The molecule has 2 aromatic carbocycles. The van der Waals surface area contributed by atoms with Crippen LogP contribution in [0.4, 0.5) is 8.78 Å². The summed E-state index contributed by atoms with van der Waals surface area (Å²) in [5, 5.41) is 0.0434. The van der Waals surface area contributed by atoms with E-state index in [0.717, 1.165) is 5.56 Å². The molecule has 2 aromatic rings. The van der Waals surface area contributed by atoms with Gasteiger partial charge < -0.3 is 5.73 Å². The van der Waals surface area contributed by atoms with Gasteiger partial charge in [0, 0.05) is 0 Å². The maximum atomic E-state index is 13.4. The van der Waals surface area contributed by atoms with E-state index < -0.39 is 11.9 Å². The summed E-state index contributed by atoms with van der Waals surface area (Å²) in [4.78, 5) is 0. The molecule has 0 bridgehead atoms. The van der Waals surface area contributed by atoms with Gasteiger partial charge in [-0.2, -0.15) is 0 Å². The molecule has 1 nitrogen and oxygen atoms in total. The lowest BCUT2D eigenvalue weighted by Crippen LogP contribution is -2.13. The van der Waals surface area contributed by atoms with Gasteiger partial charge >= 0.3 is 0 Å². The van der Waals surface area contributed by atoms with Gasteiger partial charge in [-0.1, -0.05) is 23.7 Å². The van der Waals surface area contributed by atoms with E-state index in [1.807, 2.05) is 6.92 Å². The van der Waals surface area contributed by atoms with Crippen molar-refractivity contribution in [2.24, 2.45) is 5.73 Å². The van der Waals surface area contributed by atoms with Crippen LogP contribution in [0.5, 0.6) is 0 Å². The van der Waals surface area contributed by atoms with Crippen molar-refractivity contribution in [3.8, 4) is 0 Å². The third-order valence-electron chi connectivity index (χ3n) is 2.88. The van der Waals surface area contributed by atoms with Crippen molar-refractivity contribution in [2.45, 2.75) is 13.0 Å². The standard InChI is InChI=1S/C14H12ClF2N/c1-8-2-4-10(16)7-11(8)14(18)9-3-5-12(15)13(17)6-9/h2-7,14H,18H2,1H3. The molecule has 0 aliphatic rings. The Labute approximate surface area is 109 Å². The van der Waals surface area contributed by atoms with E-state index in [0.29, 0.717) is 11.1 Å². The molecule has 0 heterocycles. The second-order valence-corrected chi connectivity index (χ2v) is 4.56.